The van der Waals surface area contributed by atoms with E-state index < -0.39 is 9.84 Å². The maximum atomic E-state index is 12.7. The number of rotatable bonds is 5. The molecule has 0 saturated carbocycles. The molecule has 9 heteroatoms. The number of ether oxygens (including phenoxy) is 2. The minimum Gasteiger partial charge on any atom is -0.486 e. The van der Waals surface area contributed by atoms with Crippen molar-refractivity contribution in [2.24, 2.45) is 0 Å². The second kappa shape index (κ2) is 8.45. The number of fused-ring (bicyclic) bond motifs is 1. The number of benzene rings is 2. The van der Waals surface area contributed by atoms with Crippen LogP contribution in [-0.2, 0) is 14.6 Å². The first-order chi connectivity index (χ1) is 14.3. The van der Waals surface area contributed by atoms with Crippen molar-refractivity contribution in [2.75, 3.05) is 37.9 Å². The van der Waals surface area contributed by atoms with E-state index >= 15 is 0 Å². The van der Waals surface area contributed by atoms with E-state index in [9.17, 15) is 13.2 Å². The highest BCUT2D eigenvalue weighted by Gasteiger charge is 2.29. The Hall–Kier alpha value is -2.29. The average Bonchev–Trinajstić information content (AvgIpc) is 3.16. The predicted octanol–water partition coefficient (Wildman–Crippen LogP) is 3.29. The van der Waals surface area contributed by atoms with Crippen LogP contribution in [0.15, 0.2) is 41.3 Å². The molecule has 4 rings (SSSR count). The van der Waals surface area contributed by atoms with E-state index in [1.807, 2.05) is 18.2 Å². The Morgan fingerprint density at radius 3 is 2.70 bits per heavy atom. The Balaban J connectivity index is 1.47. The fourth-order valence-corrected chi connectivity index (χ4v) is 4.68. The molecule has 2 heterocycles. The molecule has 2 aromatic rings. The first-order valence-electron chi connectivity index (χ1n) is 9.74. The van der Waals surface area contributed by atoms with Gasteiger partial charge in [0.2, 0.25) is 5.91 Å². The Morgan fingerprint density at radius 1 is 1.17 bits per heavy atom. The summed E-state index contributed by atoms with van der Waals surface area (Å²) in [4.78, 5) is 14.9. The van der Waals surface area contributed by atoms with Gasteiger partial charge in [-0.3, -0.25) is 9.69 Å². The number of hydrogen-bond acceptors (Lipinski definition) is 6. The number of nitrogens with zero attached hydrogens (tertiary/aromatic N) is 1. The van der Waals surface area contributed by atoms with E-state index in [0.717, 1.165) is 42.7 Å². The van der Waals surface area contributed by atoms with Crippen molar-refractivity contribution in [1.82, 2.24) is 4.90 Å². The second-order valence-electron chi connectivity index (χ2n) is 7.49. The summed E-state index contributed by atoms with van der Waals surface area (Å²) < 4.78 is 34.8. The van der Waals surface area contributed by atoms with Gasteiger partial charge in [-0.25, -0.2) is 8.42 Å². The van der Waals surface area contributed by atoms with Gasteiger partial charge in [0.15, 0.2) is 21.3 Å². The highest BCUT2D eigenvalue weighted by Crippen LogP contribution is 2.38. The maximum absolute atomic E-state index is 12.7. The summed E-state index contributed by atoms with van der Waals surface area (Å²) in [5.74, 6) is 1.24. The lowest BCUT2D eigenvalue weighted by Crippen LogP contribution is -2.33. The third-order valence-corrected chi connectivity index (χ3v) is 6.74. The Kier molecular flexibility index (Phi) is 5.90. The zero-order chi connectivity index (χ0) is 21.3. The standard InChI is InChI=1S/C21H23ClN2O5S/c1-30(26,27)15-5-6-16(22)17(12-15)23-21(25)13-24-8-2-3-18(24)14-4-7-19-20(11-14)29-10-9-28-19/h4-7,11-12,18H,2-3,8-10,13H2,1H3,(H,23,25)/t18-/m0/s1. The summed E-state index contributed by atoms with van der Waals surface area (Å²) in [6, 6.07) is 10.3. The monoisotopic (exact) mass is 450 g/mol. The first-order valence-corrected chi connectivity index (χ1v) is 12.0. The molecule has 30 heavy (non-hydrogen) atoms. The second-order valence-corrected chi connectivity index (χ2v) is 9.92. The minimum atomic E-state index is -3.40. The number of carbonyl (C=O) groups is 1. The quantitative estimate of drug-likeness (QED) is 0.752. The number of sulfone groups is 1. The highest BCUT2D eigenvalue weighted by atomic mass is 35.5. The zero-order valence-corrected chi connectivity index (χ0v) is 18.1. The van der Waals surface area contributed by atoms with Crippen molar-refractivity contribution in [3.63, 3.8) is 0 Å². The number of anilines is 1. The lowest BCUT2D eigenvalue weighted by molar-refractivity contribution is -0.117. The SMILES string of the molecule is CS(=O)(=O)c1ccc(Cl)c(NC(=O)CN2CCC[C@H]2c2ccc3c(c2)OCCO3)c1. The van der Waals surface area contributed by atoms with E-state index in [4.69, 9.17) is 21.1 Å². The van der Waals surface area contributed by atoms with Crippen LogP contribution >= 0.6 is 11.6 Å². The molecule has 0 aromatic heterocycles. The fourth-order valence-electron chi connectivity index (χ4n) is 3.87. The van der Waals surface area contributed by atoms with Gasteiger partial charge >= 0.3 is 0 Å². The van der Waals surface area contributed by atoms with Crippen LogP contribution in [0.25, 0.3) is 0 Å². The van der Waals surface area contributed by atoms with E-state index in [0.29, 0.717) is 23.9 Å². The topological polar surface area (TPSA) is 84.9 Å². The lowest BCUT2D eigenvalue weighted by Gasteiger charge is -2.26. The molecule has 0 bridgehead atoms. The minimum absolute atomic E-state index is 0.101. The van der Waals surface area contributed by atoms with Gasteiger partial charge in [0.05, 0.1) is 22.2 Å². The Morgan fingerprint density at radius 2 is 1.93 bits per heavy atom. The summed E-state index contributed by atoms with van der Waals surface area (Å²) in [7, 11) is -3.40. The first kappa shape index (κ1) is 21.0. The molecule has 0 radical (unpaired) electrons. The maximum Gasteiger partial charge on any atom is 0.238 e. The van der Waals surface area contributed by atoms with E-state index in [1.54, 1.807) is 0 Å². The van der Waals surface area contributed by atoms with Gasteiger partial charge in [0.25, 0.3) is 0 Å². The van der Waals surface area contributed by atoms with Gasteiger partial charge in [0.1, 0.15) is 13.2 Å². The molecular formula is C21H23ClN2O5S. The van der Waals surface area contributed by atoms with Crippen LogP contribution in [0.3, 0.4) is 0 Å². The van der Waals surface area contributed by atoms with Gasteiger partial charge in [-0.05, 0) is 55.3 Å². The third kappa shape index (κ3) is 4.55. The molecule has 1 N–H and O–H groups in total. The Bertz CT molecular complexity index is 1070. The van der Waals surface area contributed by atoms with Crippen molar-refractivity contribution in [2.45, 2.75) is 23.8 Å². The van der Waals surface area contributed by atoms with Crippen molar-refractivity contribution in [3.05, 3.63) is 47.0 Å². The molecule has 0 spiro atoms. The van der Waals surface area contributed by atoms with Gasteiger partial charge in [-0.2, -0.15) is 0 Å². The molecular weight excluding hydrogens is 428 g/mol. The van der Waals surface area contributed by atoms with Gasteiger partial charge in [0, 0.05) is 12.3 Å². The summed E-state index contributed by atoms with van der Waals surface area (Å²) in [5, 5.41) is 3.04. The van der Waals surface area contributed by atoms with Crippen LogP contribution in [-0.4, -0.2) is 51.8 Å². The predicted molar refractivity (Wildman–Crippen MR) is 114 cm³/mol. The molecule has 2 aromatic carbocycles. The molecule has 0 unspecified atom stereocenters. The lowest BCUT2D eigenvalue weighted by atomic mass is 10.0. The number of nitrogens with one attached hydrogen (secondary N) is 1. The summed E-state index contributed by atoms with van der Waals surface area (Å²) in [6.45, 7) is 2.05. The molecule has 1 fully saturated rings. The number of carbonyl (C=O) groups excluding carboxylic acids is 1. The van der Waals surface area contributed by atoms with Crippen molar-refractivity contribution in [3.8, 4) is 11.5 Å². The molecule has 1 amide bonds. The number of amides is 1. The highest BCUT2D eigenvalue weighted by molar-refractivity contribution is 7.90. The van der Waals surface area contributed by atoms with Crippen LogP contribution in [0.2, 0.25) is 5.02 Å². The molecule has 1 saturated heterocycles. The summed E-state index contributed by atoms with van der Waals surface area (Å²) >= 11 is 6.15. The normalized spacial score (nSPS) is 18.9. The summed E-state index contributed by atoms with van der Waals surface area (Å²) in [5.41, 5.74) is 1.38. The van der Waals surface area contributed by atoms with Crippen molar-refractivity contribution in [1.29, 1.82) is 0 Å². The van der Waals surface area contributed by atoms with Crippen LogP contribution in [0.5, 0.6) is 11.5 Å². The van der Waals surface area contributed by atoms with Crippen LogP contribution in [0.4, 0.5) is 5.69 Å². The van der Waals surface area contributed by atoms with Crippen LogP contribution < -0.4 is 14.8 Å². The van der Waals surface area contributed by atoms with Crippen molar-refractivity contribution < 1.29 is 22.7 Å². The van der Waals surface area contributed by atoms with Crippen LogP contribution in [0, 0.1) is 0 Å². The van der Waals surface area contributed by atoms with E-state index in [2.05, 4.69) is 10.2 Å². The molecule has 1 atom stereocenters. The number of hydrogen-bond donors (Lipinski definition) is 1. The average molecular weight is 451 g/mol. The third-order valence-electron chi connectivity index (χ3n) is 5.30. The fraction of sp³-hybridized carbons (Fsp3) is 0.381. The molecule has 2 aliphatic rings. The molecule has 7 nitrogen and oxygen atoms in total. The largest absolute Gasteiger partial charge is 0.486 e. The van der Waals surface area contributed by atoms with Crippen molar-refractivity contribution >= 4 is 33.0 Å². The van der Waals surface area contributed by atoms with Gasteiger partial charge in [-0.1, -0.05) is 17.7 Å². The summed E-state index contributed by atoms with van der Waals surface area (Å²) in [6.07, 6.45) is 3.04. The van der Waals surface area contributed by atoms with E-state index in [-0.39, 0.29) is 23.4 Å². The smallest absolute Gasteiger partial charge is 0.238 e. The zero-order valence-electron chi connectivity index (χ0n) is 16.6. The molecule has 0 aliphatic carbocycles. The molecule has 160 valence electrons. The Labute approximate surface area is 180 Å². The molecule has 2 aliphatic heterocycles. The number of halogens is 1. The van der Waals surface area contributed by atoms with Gasteiger partial charge in [-0.15, -0.1) is 0 Å². The van der Waals surface area contributed by atoms with E-state index in [1.165, 1.54) is 18.2 Å². The van der Waals surface area contributed by atoms with Gasteiger partial charge < -0.3 is 14.8 Å². The van der Waals surface area contributed by atoms with Crippen LogP contribution in [0.1, 0.15) is 24.4 Å². The number of likely N-dealkylation sites (tertiary alicyclic amines) is 1.